The number of sulfonamides is 1. The number of rotatable bonds is 7. The first-order valence-corrected chi connectivity index (χ1v) is 9.05. The largest absolute Gasteiger partial charge is 0.394 e. The van der Waals surface area contributed by atoms with Crippen LogP contribution in [0.4, 0.5) is 0 Å². The summed E-state index contributed by atoms with van der Waals surface area (Å²) in [6.45, 7) is 7.89. The SMILES string of the molecule is CSC(C)(C)CNS(=O)(=O)c1c(C)nn(CCO)c1C. The molecule has 0 saturated heterocycles. The zero-order chi connectivity index (χ0) is 15.6. The Morgan fingerprint density at radius 2 is 2.00 bits per heavy atom. The lowest BCUT2D eigenvalue weighted by atomic mass is 10.2. The van der Waals surface area contributed by atoms with Gasteiger partial charge in [0.2, 0.25) is 10.0 Å². The summed E-state index contributed by atoms with van der Waals surface area (Å²) < 4.78 is 28.8. The van der Waals surface area contributed by atoms with Crippen molar-refractivity contribution in [3.05, 3.63) is 11.4 Å². The van der Waals surface area contributed by atoms with Gasteiger partial charge >= 0.3 is 0 Å². The lowest BCUT2D eigenvalue weighted by Crippen LogP contribution is -2.36. The summed E-state index contributed by atoms with van der Waals surface area (Å²) in [5.74, 6) is 0. The number of aliphatic hydroxyl groups excluding tert-OH is 1. The van der Waals surface area contributed by atoms with Crippen LogP contribution in [0, 0.1) is 13.8 Å². The van der Waals surface area contributed by atoms with Crippen molar-refractivity contribution < 1.29 is 13.5 Å². The van der Waals surface area contributed by atoms with Gasteiger partial charge in [0, 0.05) is 11.3 Å². The van der Waals surface area contributed by atoms with E-state index in [1.165, 1.54) is 4.68 Å². The predicted octanol–water partition coefficient (Wildman–Crippen LogP) is 0.912. The van der Waals surface area contributed by atoms with E-state index < -0.39 is 10.0 Å². The smallest absolute Gasteiger partial charge is 0.244 e. The van der Waals surface area contributed by atoms with Crippen molar-refractivity contribution in [2.24, 2.45) is 0 Å². The Bertz CT molecular complexity index is 565. The second kappa shape index (κ2) is 6.46. The molecule has 8 heteroatoms. The Hall–Kier alpha value is -0.570. The molecular weight excluding hydrogens is 298 g/mol. The molecule has 0 spiro atoms. The van der Waals surface area contributed by atoms with Gasteiger partial charge < -0.3 is 5.11 Å². The van der Waals surface area contributed by atoms with Crippen LogP contribution in [0.15, 0.2) is 4.90 Å². The van der Waals surface area contributed by atoms with Crippen LogP contribution in [0.5, 0.6) is 0 Å². The zero-order valence-corrected chi connectivity index (χ0v) is 14.2. The Kier molecular flexibility index (Phi) is 5.65. The normalized spacial score (nSPS) is 12.9. The average molecular weight is 321 g/mol. The molecule has 0 amide bonds. The highest BCUT2D eigenvalue weighted by Crippen LogP contribution is 2.23. The van der Waals surface area contributed by atoms with Crippen molar-refractivity contribution in [1.82, 2.24) is 14.5 Å². The number of aliphatic hydroxyl groups is 1. The maximum Gasteiger partial charge on any atom is 0.244 e. The molecule has 2 N–H and O–H groups in total. The van der Waals surface area contributed by atoms with Gasteiger partial charge in [-0.05, 0) is 34.0 Å². The highest BCUT2D eigenvalue weighted by Gasteiger charge is 2.27. The summed E-state index contributed by atoms with van der Waals surface area (Å²) in [7, 11) is -3.59. The molecule has 0 aliphatic carbocycles. The van der Waals surface area contributed by atoms with Gasteiger partial charge in [-0.15, -0.1) is 0 Å². The number of nitrogens with one attached hydrogen (secondary N) is 1. The molecule has 0 aliphatic heterocycles. The van der Waals surface area contributed by atoms with Crippen LogP contribution in [-0.4, -0.2) is 47.5 Å². The van der Waals surface area contributed by atoms with Gasteiger partial charge in [0.25, 0.3) is 0 Å². The predicted molar refractivity (Wildman–Crippen MR) is 81.6 cm³/mol. The van der Waals surface area contributed by atoms with Crippen LogP contribution in [0.1, 0.15) is 25.2 Å². The molecule has 0 atom stereocenters. The molecule has 6 nitrogen and oxygen atoms in total. The lowest BCUT2D eigenvalue weighted by Gasteiger charge is -2.22. The Morgan fingerprint density at radius 1 is 1.40 bits per heavy atom. The minimum Gasteiger partial charge on any atom is -0.394 e. The average Bonchev–Trinajstić information content (AvgIpc) is 2.63. The summed E-state index contributed by atoms with van der Waals surface area (Å²) in [5, 5.41) is 13.1. The number of hydrogen-bond donors (Lipinski definition) is 2. The highest BCUT2D eigenvalue weighted by atomic mass is 32.2. The zero-order valence-electron chi connectivity index (χ0n) is 12.6. The van der Waals surface area contributed by atoms with E-state index in [2.05, 4.69) is 9.82 Å². The standard InChI is InChI=1S/C12H23N3O3S2/c1-9-11(10(2)15(14-9)6-7-16)20(17,18)13-8-12(3,4)19-5/h13,16H,6-8H2,1-5H3. The first kappa shape index (κ1) is 17.5. The highest BCUT2D eigenvalue weighted by molar-refractivity contribution is 8.00. The Morgan fingerprint density at radius 3 is 2.50 bits per heavy atom. The van der Waals surface area contributed by atoms with E-state index in [1.807, 2.05) is 20.1 Å². The molecule has 0 fully saturated rings. The molecule has 20 heavy (non-hydrogen) atoms. The summed E-state index contributed by atoms with van der Waals surface area (Å²) in [6, 6.07) is 0. The maximum absolute atomic E-state index is 12.4. The Balaban J connectivity index is 3.04. The Labute approximate surface area is 125 Å². The van der Waals surface area contributed by atoms with E-state index >= 15 is 0 Å². The quantitative estimate of drug-likeness (QED) is 0.780. The molecule has 1 rings (SSSR count). The van der Waals surface area contributed by atoms with Crippen molar-refractivity contribution in [1.29, 1.82) is 0 Å². The minimum absolute atomic E-state index is 0.0750. The van der Waals surface area contributed by atoms with E-state index in [4.69, 9.17) is 5.11 Å². The molecule has 1 aromatic heterocycles. The van der Waals surface area contributed by atoms with Gasteiger partial charge in [-0.3, -0.25) is 4.68 Å². The molecule has 0 aromatic carbocycles. The van der Waals surface area contributed by atoms with E-state index in [0.717, 1.165) is 0 Å². The van der Waals surface area contributed by atoms with E-state index in [0.29, 0.717) is 24.5 Å². The van der Waals surface area contributed by atoms with E-state index in [1.54, 1.807) is 25.6 Å². The third-order valence-corrected chi connectivity index (χ3v) is 6.04. The van der Waals surface area contributed by atoms with Crippen LogP contribution < -0.4 is 4.72 Å². The van der Waals surface area contributed by atoms with E-state index in [9.17, 15) is 8.42 Å². The second-order valence-corrected chi connectivity index (χ2v) is 8.45. The summed E-state index contributed by atoms with van der Waals surface area (Å²) in [5.41, 5.74) is 0.997. The van der Waals surface area contributed by atoms with Crippen molar-refractivity contribution >= 4 is 21.8 Å². The van der Waals surface area contributed by atoms with Gasteiger partial charge in [-0.2, -0.15) is 16.9 Å². The van der Waals surface area contributed by atoms with Gasteiger partial charge in [0.15, 0.2) is 0 Å². The fraction of sp³-hybridized carbons (Fsp3) is 0.750. The first-order valence-electron chi connectivity index (χ1n) is 6.34. The van der Waals surface area contributed by atoms with Crippen LogP contribution in [0.2, 0.25) is 0 Å². The number of nitrogens with zero attached hydrogens (tertiary/aromatic N) is 2. The topological polar surface area (TPSA) is 84.2 Å². The van der Waals surface area contributed by atoms with Gasteiger partial charge in [0.1, 0.15) is 4.90 Å². The fourth-order valence-corrected chi connectivity index (χ4v) is 3.72. The maximum atomic E-state index is 12.4. The molecule has 0 radical (unpaired) electrons. The fourth-order valence-electron chi connectivity index (χ4n) is 1.79. The first-order chi connectivity index (χ1) is 9.14. The number of aromatic nitrogens is 2. The monoisotopic (exact) mass is 321 g/mol. The van der Waals surface area contributed by atoms with Crippen LogP contribution in [0.25, 0.3) is 0 Å². The number of thioether (sulfide) groups is 1. The van der Waals surface area contributed by atoms with Crippen molar-refractivity contribution in [2.45, 2.75) is 43.9 Å². The van der Waals surface area contributed by atoms with Crippen LogP contribution in [0.3, 0.4) is 0 Å². The van der Waals surface area contributed by atoms with Crippen molar-refractivity contribution in [3.63, 3.8) is 0 Å². The van der Waals surface area contributed by atoms with E-state index in [-0.39, 0.29) is 16.2 Å². The molecule has 0 saturated carbocycles. The van der Waals surface area contributed by atoms with Crippen molar-refractivity contribution in [2.75, 3.05) is 19.4 Å². The third-order valence-electron chi connectivity index (χ3n) is 3.14. The minimum atomic E-state index is -3.59. The number of hydrogen-bond acceptors (Lipinski definition) is 5. The molecular formula is C12H23N3O3S2. The molecule has 1 aromatic rings. The number of aryl methyl sites for hydroxylation is 1. The van der Waals surface area contributed by atoms with Gasteiger partial charge in [-0.25, -0.2) is 13.1 Å². The molecule has 0 unspecified atom stereocenters. The van der Waals surface area contributed by atoms with Crippen LogP contribution >= 0.6 is 11.8 Å². The summed E-state index contributed by atoms with van der Waals surface area (Å²) in [6.07, 6.45) is 1.95. The van der Waals surface area contributed by atoms with Gasteiger partial charge in [-0.1, -0.05) is 0 Å². The molecule has 116 valence electrons. The summed E-state index contributed by atoms with van der Waals surface area (Å²) in [4.78, 5) is 0.211. The second-order valence-electron chi connectivity index (χ2n) is 5.24. The molecule has 0 bridgehead atoms. The van der Waals surface area contributed by atoms with Crippen LogP contribution in [-0.2, 0) is 16.6 Å². The molecule has 0 aliphatic rings. The molecule has 1 heterocycles. The third kappa shape index (κ3) is 3.97. The van der Waals surface area contributed by atoms with Crippen molar-refractivity contribution in [3.8, 4) is 0 Å². The lowest BCUT2D eigenvalue weighted by molar-refractivity contribution is 0.267. The van der Waals surface area contributed by atoms with Gasteiger partial charge in [0.05, 0.1) is 24.5 Å². The summed E-state index contributed by atoms with van der Waals surface area (Å²) >= 11 is 1.60.